The highest BCUT2D eigenvalue weighted by Gasteiger charge is 2.39. The number of amides is 2. The first-order valence-electron chi connectivity index (χ1n) is 12.7. The fourth-order valence-corrected chi connectivity index (χ4v) is 5.03. The number of carbonyl (C=O) groups excluding carboxylic acids is 1. The molecule has 0 radical (unpaired) electrons. The molecule has 7 nitrogen and oxygen atoms in total. The number of benzene rings is 1. The lowest BCUT2D eigenvalue weighted by molar-refractivity contribution is -0.137. The zero-order valence-corrected chi connectivity index (χ0v) is 24.4. The van der Waals surface area contributed by atoms with Gasteiger partial charge in [-0.1, -0.05) is 29.8 Å². The Morgan fingerprint density at radius 2 is 1.97 bits per heavy atom. The lowest BCUT2D eigenvalue weighted by Gasteiger charge is -2.37. The van der Waals surface area contributed by atoms with Gasteiger partial charge in [-0.25, -0.2) is 9.78 Å². The lowest BCUT2D eigenvalue weighted by atomic mass is 9.95. The van der Waals surface area contributed by atoms with E-state index < -0.39 is 17.6 Å². The first kappa shape index (κ1) is 29.4. The first-order chi connectivity index (χ1) is 17.5. The van der Waals surface area contributed by atoms with Crippen molar-refractivity contribution in [1.29, 1.82) is 0 Å². The van der Waals surface area contributed by atoms with Gasteiger partial charge in [0.15, 0.2) is 0 Å². The smallest absolute Gasteiger partial charge is 0.407 e. The summed E-state index contributed by atoms with van der Waals surface area (Å²) >= 11 is 10.1. The molecule has 3 rings (SSSR count). The van der Waals surface area contributed by atoms with E-state index in [0.29, 0.717) is 29.2 Å². The molecule has 2 aromatic rings. The van der Waals surface area contributed by atoms with E-state index >= 15 is 0 Å². The van der Waals surface area contributed by atoms with Crippen molar-refractivity contribution in [3.05, 3.63) is 62.8 Å². The van der Waals surface area contributed by atoms with Crippen LogP contribution in [0.4, 0.5) is 4.79 Å². The molecule has 2 amide bonds. The Labute approximate surface area is 233 Å². The third kappa shape index (κ3) is 8.42. The molecular weight excluding hydrogens is 558 g/mol. The second-order valence-corrected chi connectivity index (χ2v) is 11.8. The van der Waals surface area contributed by atoms with Crippen LogP contribution >= 0.6 is 27.5 Å². The molecule has 1 fully saturated rings. The van der Waals surface area contributed by atoms with E-state index in [1.165, 1.54) is 4.90 Å². The number of carboxylic acid groups (broad SMARTS) is 1. The molecule has 0 aliphatic heterocycles. The number of pyridine rings is 1. The molecule has 0 bridgehead atoms. The summed E-state index contributed by atoms with van der Waals surface area (Å²) in [5.74, 6) is -0.630. The first-order valence-corrected chi connectivity index (χ1v) is 13.8. The van der Waals surface area contributed by atoms with Crippen LogP contribution in [-0.4, -0.2) is 63.7 Å². The van der Waals surface area contributed by atoms with Gasteiger partial charge in [-0.2, -0.15) is 0 Å². The highest BCUT2D eigenvalue weighted by molar-refractivity contribution is 9.10. The summed E-state index contributed by atoms with van der Waals surface area (Å²) in [4.78, 5) is 33.9. The molecule has 202 valence electrons. The molecule has 1 heterocycles. The molecule has 1 aromatic heterocycles. The molecule has 1 N–H and O–H groups in total. The maximum Gasteiger partial charge on any atom is 0.407 e. The van der Waals surface area contributed by atoms with Gasteiger partial charge < -0.3 is 19.6 Å². The largest absolute Gasteiger partial charge is 0.465 e. The topological polar surface area (TPSA) is 83.0 Å². The lowest BCUT2D eigenvalue weighted by Crippen LogP contribution is -2.51. The number of aryl methyl sites for hydroxylation is 1. The molecule has 0 spiro atoms. The number of rotatable bonds is 12. The molecule has 9 heteroatoms. The maximum atomic E-state index is 14.1. The fourth-order valence-electron chi connectivity index (χ4n) is 4.44. The molecule has 1 saturated carbocycles. The third-order valence-electron chi connectivity index (χ3n) is 6.63. The van der Waals surface area contributed by atoms with Gasteiger partial charge in [0.2, 0.25) is 5.91 Å². The van der Waals surface area contributed by atoms with Crippen molar-refractivity contribution < 1.29 is 19.4 Å². The van der Waals surface area contributed by atoms with Crippen molar-refractivity contribution in [3.63, 3.8) is 0 Å². The number of aromatic nitrogens is 1. The molecule has 0 saturated heterocycles. The summed E-state index contributed by atoms with van der Waals surface area (Å²) in [6, 6.07) is 9.86. The van der Waals surface area contributed by atoms with E-state index in [1.54, 1.807) is 13.3 Å². The quantitative estimate of drug-likeness (QED) is 0.234. The molecule has 1 aromatic carbocycles. The zero-order valence-electron chi connectivity index (χ0n) is 22.0. The molecule has 1 atom stereocenters. The van der Waals surface area contributed by atoms with Crippen molar-refractivity contribution in [3.8, 4) is 0 Å². The highest BCUT2D eigenvalue weighted by atomic mass is 79.9. The number of carbonyl (C=O) groups is 2. The summed E-state index contributed by atoms with van der Waals surface area (Å²) in [5, 5.41) is 10.6. The van der Waals surface area contributed by atoms with Gasteiger partial charge >= 0.3 is 6.09 Å². The second kappa shape index (κ2) is 13.1. The van der Waals surface area contributed by atoms with Crippen molar-refractivity contribution in [2.75, 3.05) is 20.3 Å². The predicted molar refractivity (Wildman–Crippen MR) is 149 cm³/mol. The van der Waals surface area contributed by atoms with Gasteiger partial charge in [-0.05, 0) is 97.6 Å². The van der Waals surface area contributed by atoms with E-state index in [-0.39, 0.29) is 18.5 Å². The SMILES string of the molecule is COCCCc1ccc(Cl)c(CN(C(=O)C(Cc2cccnc2Br)CN(C(=O)O)C(C)(C)C)C2CC2)c1. The van der Waals surface area contributed by atoms with Crippen LogP contribution in [0.3, 0.4) is 0 Å². The normalized spacial score (nSPS) is 14.3. The van der Waals surface area contributed by atoms with Crippen molar-refractivity contribution in [2.45, 2.75) is 71.0 Å². The molecule has 1 aliphatic carbocycles. The Bertz CT molecular complexity index is 1090. The van der Waals surface area contributed by atoms with Crippen molar-refractivity contribution in [2.24, 2.45) is 5.92 Å². The van der Waals surface area contributed by atoms with E-state index in [9.17, 15) is 14.7 Å². The monoisotopic (exact) mass is 593 g/mol. The number of methoxy groups -OCH3 is 1. The van der Waals surface area contributed by atoms with Crippen LogP contribution in [0.1, 0.15) is 56.7 Å². The van der Waals surface area contributed by atoms with Crippen molar-refractivity contribution >= 4 is 39.5 Å². The molecule has 1 aliphatic rings. The third-order valence-corrected chi connectivity index (χ3v) is 7.71. The van der Waals surface area contributed by atoms with Gasteiger partial charge in [0.05, 0.1) is 5.92 Å². The Morgan fingerprint density at radius 1 is 1.24 bits per heavy atom. The maximum absolute atomic E-state index is 14.1. The average Bonchev–Trinajstić information content (AvgIpc) is 3.67. The fraction of sp³-hybridized carbons (Fsp3) is 0.536. The van der Waals surface area contributed by atoms with E-state index in [4.69, 9.17) is 16.3 Å². The highest BCUT2D eigenvalue weighted by Crippen LogP contribution is 2.33. The Hall–Kier alpha value is -2.16. The molecule has 1 unspecified atom stereocenters. The van der Waals surface area contributed by atoms with E-state index in [1.807, 2.05) is 49.9 Å². The number of halogens is 2. The summed E-state index contributed by atoms with van der Waals surface area (Å²) in [5.41, 5.74) is 2.28. The minimum atomic E-state index is -1.04. The molecular formula is C28H37BrClN3O4. The summed E-state index contributed by atoms with van der Waals surface area (Å²) in [7, 11) is 1.69. The van der Waals surface area contributed by atoms with Crippen LogP contribution in [-0.2, 0) is 28.9 Å². The van der Waals surface area contributed by atoms with Gasteiger partial charge in [-0.15, -0.1) is 0 Å². The number of hydrogen-bond acceptors (Lipinski definition) is 4. The summed E-state index contributed by atoms with van der Waals surface area (Å²) in [6.07, 6.45) is 4.65. The standard InChI is InChI=1S/C28H37BrClN3O4/c1-28(2,3)33(27(35)36)18-22(16-20-8-5-13-31-25(20)29)26(34)32(23-10-11-23)17-21-15-19(7-6-14-37-4)9-12-24(21)30/h5,8-9,12-13,15,22-23H,6-7,10-11,14,16-18H2,1-4H3,(H,35,36). The van der Waals surface area contributed by atoms with Gasteiger partial charge in [0.1, 0.15) is 4.60 Å². The second-order valence-electron chi connectivity index (χ2n) is 10.6. The number of ether oxygens (including phenoxy) is 1. The van der Waals surface area contributed by atoms with Crippen LogP contribution in [0.25, 0.3) is 0 Å². The zero-order chi connectivity index (χ0) is 27.2. The molecule has 37 heavy (non-hydrogen) atoms. The summed E-state index contributed by atoms with van der Waals surface area (Å²) < 4.78 is 5.84. The van der Waals surface area contributed by atoms with Crippen LogP contribution in [0.5, 0.6) is 0 Å². The van der Waals surface area contributed by atoms with Gasteiger partial charge in [0.25, 0.3) is 0 Å². The average molecular weight is 595 g/mol. The van der Waals surface area contributed by atoms with Crippen LogP contribution in [0.15, 0.2) is 41.1 Å². The predicted octanol–water partition coefficient (Wildman–Crippen LogP) is 6.20. The number of hydrogen-bond donors (Lipinski definition) is 1. The van der Waals surface area contributed by atoms with Crippen LogP contribution in [0.2, 0.25) is 5.02 Å². The number of nitrogens with zero attached hydrogens (tertiary/aromatic N) is 3. The minimum absolute atomic E-state index is 0.0606. The summed E-state index contributed by atoms with van der Waals surface area (Å²) in [6.45, 7) is 6.70. The van der Waals surface area contributed by atoms with Gasteiger partial charge in [-0.3, -0.25) is 4.79 Å². The Kier molecular flexibility index (Phi) is 10.4. The Morgan fingerprint density at radius 3 is 2.57 bits per heavy atom. The minimum Gasteiger partial charge on any atom is -0.465 e. The van der Waals surface area contributed by atoms with Crippen LogP contribution in [0, 0.1) is 5.92 Å². The Balaban J connectivity index is 1.90. The van der Waals surface area contributed by atoms with Crippen LogP contribution < -0.4 is 0 Å². The van der Waals surface area contributed by atoms with E-state index in [2.05, 4.69) is 27.0 Å². The van der Waals surface area contributed by atoms with Gasteiger partial charge in [0, 0.05) is 49.6 Å². The van der Waals surface area contributed by atoms with E-state index in [0.717, 1.165) is 42.4 Å². The van der Waals surface area contributed by atoms with Crippen molar-refractivity contribution in [1.82, 2.24) is 14.8 Å².